The lowest BCUT2D eigenvalue weighted by molar-refractivity contribution is -0.118. The summed E-state index contributed by atoms with van der Waals surface area (Å²) in [7, 11) is 0. The largest absolute Gasteiger partial charge is 0.493 e. The van der Waals surface area contributed by atoms with E-state index < -0.39 is 0 Å². The molecule has 194 valence electrons. The molecule has 0 saturated heterocycles. The van der Waals surface area contributed by atoms with Crippen LogP contribution in [0.2, 0.25) is 0 Å². The monoisotopic (exact) mass is 506 g/mol. The summed E-state index contributed by atoms with van der Waals surface area (Å²) in [6.07, 6.45) is 6.35. The van der Waals surface area contributed by atoms with Crippen molar-refractivity contribution in [1.82, 2.24) is 9.78 Å². The number of fused-ring (bicyclic) bond motifs is 3. The topological polar surface area (TPSA) is 73.4 Å². The maximum Gasteiger partial charge on any atom is 0.227 e. The van der Waals surface area contributed by atoms with Crippen molar-refractivity contribution in [1.29, 1.82) is 0 Å². The molecule has 38 heavy (non-hydrogen) atoms. The van der Waals surface area contributed by atoms with Gasteiger partial charge in [0.1, 0.15) is 5.75 Å². The van der Waals surface area contributed by atoms with Gasteiger partial charge in [-0.2, -0.15) is 5.10 Å². The molecule has 1 aliphatic heterocycles. The number of nitrogen functional groups attached to an aromatic ring is 1. The minimum Gasteiger partial charge on any atom is -0.493 e. The van der Waals surface area contributed by atoms with Crippen LogP contribution >= 0.6 is 0 Å². The van der Waals surface area contributed by atoms with Gasteiger partial charge in [-0.15, -0.1) is 0 Å². The lowest BCUT2D eigenvalue weighted by Gasteiger charge is -2.30. The van der Waals surface area contributed by atoms with Crippen LogP contribution in [0, 0.1) is 19.8 Å². The Morgan fingerprint density at radius 3 is 2.82 bits per heavy atom. The molecular weight excluding hydrogens is 472 g/mol. The molecule has 6 rings (SSSR count). The summed E-state index contributed by atoms with van der Waals surface area (Å²) in [5.74, 6) is 2.15. The maximum atomic E-state index is 13.4. The zero-order valence-electron chi connectivity index (χ0n) is 22.1. The normalized spacial score (nSPS) is 17.6. The van der Waals surface area contributed by atoms with Crippen molar-refractivity contribution in [3.8, 4) is 16.9 Å². The molecule has 0 radical (unpaired) electrons. The van der Waals surface area contributed by atoms with Crippen LogP contribution in [0.4, 0.5) is 11.4 Å². The first kappa shape index (κ1) is 24.3. The van der Waals surface area contributed by atoms with E-state index in [0.29, 0.717) is 37.8 Å². The number of ether oxygens (including phenoxy) is 1. The van der Waals surface area contributed by atoms with E-state index in [9.17, 15) is 4.79 Å². The second-order valence-electron chi connectivity index (χ2n) is 10.7. The van der Waals surface area contributed by atoms with Crippen molar-refractivity contribution in [3.63, 3.8) is 0 Å². The molecule has 1 aliphatic carbocycles. The number of hydrogen-bond acceptors (Lipinski definition) is 4. The first-order valence-corrected chi connectivity index (χ1v) is 13.5. The van der Waals surface area contributed by atoms with E-state index in [1.165, 1.54) is 16.7 Å². The first-order valence-electron chi connectivity index (χ1n) is 13.5. The Kier molecular flexibility index (Phi) is 6.40. The molecule has 1 saturated carbocycles. The van der Waals surface area contributed by atoms with E-state index in [4.69, 9.17) is 10.5 Å². The number of aromatic nitrogens is 2. The van der Waals surface area contributed by atoms with E-state index in [1.54, 1.807) is 0 Å². The molecule has 2 atom stereocenters. The summed E-state index contributed by atoms with van der Waals surface area (Å²) in [5, 5.41) is 4.63. The van der Waals surface area contributed by atoms with Gasteiger partial charge in [0, 0.05) is 36.1 Å². The van der Waals surface area contributed by atoms with E-state index in [0.717, 1.165) is 46.8 Å². The average molecular weight is 507 g/mol. The van der Waals surface area contributed by atoms with Gasteiger partial charge in [-0.3, -0.25) is 9.48 Å². The highest BCUT2D eigenvalue weighted by Gasteiger charge is 2.47. The van der Waals surface area contributed by atoms with Crippen LogP contribution in [0.5, 0.6) is 5.75 Å². The highest BCUT2D eigenvalue weighted by Crippen LogP contribution is 2.57. The molecular formula is C32H34N4O2. The van der Waals surface area contributed by atoms with Gasteiger partial charge in [0.05, 0.1) is 19.3 Å². The quantitative estimate of drug-likeness (QED) is 0.231. The molecule has 6 nitrogen and oxygen atoms in total. The van der Waals surface area contributed by atoms with Crippen LogP contribution in [0.15, 0.2) is 73.1 Å². The third-order valence-corrected chi connectivity index (χ3v) is 7.97. The summed E-state index contributed by atoms with van der Waals surface area (Å²) in [4.78, 5) is 15.4. The first-order chi connectivity index (χ1) is 18.5. The second-order valence-corrected chi connectivity index (χ2v) is 10.7. The third-order valence-electron chi connectivity index (χ3n) is 7.97. The van der Waals surface area contributed by atoms with Crippen LogP contribution < -0.4 is 15.4 Å². The summed E-state index contributed by atoms with van der Waals surface area (Å²) in [6, 6.07) is 20.3. The summed E-state index contributed by atoms with van der Waals surface area (Å²) in [5.41, 5.74) is 14.8. The minimum absolute atomic E-state index is 0.177. The number of carbonyl (C=O) groups is 1. The van der Waals surface area contributed by atoms with Crippen LogP contribution in [-0.4, -0.2) is 28.8 Å². The maximum absolute atomic E-state index is 13.4. The number of aryl methyl sites for hydroxylation is 1. The van der Waals surface area contributed by atoms with Crippen molar-refractivity contribution >= 4 is 17.3 Å². The Labute approximate surface area is 224 Å². The fraction of sp³-hybridized carbons (Fsp3) is 0.312. The van der Waals surface area contributed by atoms with Crippen molar-refractivity contribution < 1.29 is 9.53 Å². The van der Waals surface area contributed by atoms with Crippen molar-refractivity contribution in [2.45, 2.75) is 45.6 Å². The Balaban J connectivity index is 1.16. The predicted molar refractivity (Wildman–Crippen MR) is 151 cm³/mol. The molecule has 1 fully saturated rings. The number of nitrogens with zero attached hydrogens (tertiary/aromatic N) is 3. The molecule has 6 heteroatoms. The van der Waals surface area contributed by atoms with E-state index in [2.05, 4.69) is 55.5 Å². The Bertz CT molecular complexity index is 1490. The number of nitrogens with two attached hydrogens (primary N) is 1. The Morgan fingerprint density at radius 1 is 1.11 bits per heavy atom. The van der Waals surface area contributed by atoms with Crippen LogP contribution in [0.3, 0.4) is 0 Å². The van der Waals surface area contributed by atoms with Crippen molar-refractivity contribution in [2.75, 3.05) is 23.8 Å². The van der Waals surface area contributed by atoms with Gasteiger partial charge in [0.15, 0.2) is 0 Å². The van der Waals surface area contributed by atoms with Crippen molar-refractivity contribution in [3.05, 3.63) is 95.3 Å². The van der Waals surface area contributed by atoms with Gasteiger partial charge in [-0.05, 0) is 90.6 Å². The SMILES string of the molecule is Cc1cccc(OCCCC(=O)N2CC3CC3c3c(-c4cnn(Cc5cccc(N)c5)c4)cccc32)c1C. The number of rotatable bonds is 8. The Morgan fingerprint density at radius 2 is 1.95 bits per heavy atom. The number of carbonyl (C=O) groups excluding carboxylic acids is 1. The molecule has 2 aliphatic rings. The van der Waals surface area contributed by atoms with Gasteiger partial charge in [-0.25, -0.2) is 0 Å². The fourth-order valence-corrected chi connectivity index (χ4v) is 5.69. The predicted octanol–water partition coefficient (Wildman–Crippen LogP) is 6.11. The van der Waals surface area contributed by atoms with E-state index >= 15 is 0 Å². The lowest BCUT2D eigenvalue weighted by Crippen LogP contribution is -2.36. The molecule has 1 aromatic heterocycles. The highest BCUT2D eigenvalue weighted by molar-refractivity contribution is 5.96. The number of benzene rings is 3. The standard InChI is InChI=1S/C32H34N4O2/c1-21-7-3-12-30(22(21)2)38-14-6-13-31(37)36-20-24-16-28(24)32-27(10-5-11-29(32)36)25-17-34-35(19-25)18-23-8-4-9-26(33)15-23/h3-5,7-12,15,17,19,24,28H,6,13-14,16,18,20,33H2,1-2H3. The van der Waals surface area contributed by atoms with Gasteiger partial charge >= 0.3 is 0 Å². The lowest BCUT2D eigenvalue weighted by atomic mass is 9.92. The van der Waals surface area contributed by atoms with Gasteiger partial charge in [0.2, 0.25) is 5.91 Å². The second kappa shape index (κ2) is 10.0. The molecule has 2 N–H and O–H groups in total. The number of anilines is 2. The Hall–Kier alpha value is -4.06. The molecule has 1 amide bonds. The molecule has 2 heterocycles. The molecule has 2 unspecified atom stereocenters. The molecule has 0 bridgehead atoms. The average Bonchev–Trinajstić information content (AvgIpc) is 3.56. The summed E-state index contributed by atoms with van der Waals surface area (Å²) >= 11 is 0. The minimum atomic E-state index is 0.177. The highest BCUT2D eigenvalue weighted by atomic mass is 16.5. The number of hydrogen-bond donors (Lipinski definition) is 1. The van der Waals surface area contributed by atoms with E-state index in [-0.39, 0.29) is 5.91 Å². The molecule has 3 aromatic carbocycles. The number of amides is 1. The van der Waals surface area contributed by atoms with E-state index in [1.807, 2.05) is 46.1 Å². The van der Waals surface area contributed by atoms with Crippen LogP contribution in [0.1, 0.15) is 47.4 Å². The zero-order chi connectivity index (χ0) is 26.2. The summed E-state index contributed by atoms with van der Waals surface area (Å²) < 4.78 is 7.95. The van der Waals surface area contributed by atoms with Gasteiger partial charge in [-0.1, -0.05) is 36.4 Å². The van der Waals surface area contributed by atoms with Crippen molar-refractivity contribution in [2.24, 2.45) is 5.92 Å². The zero-order valence-corrected chi connectivity index (χ0v) is 22.1. The smallest absolute Gasteiger partial charge is 0.227 e. The van der Waals surface area contributed by atoms with Crippen LogP contribution in [-0.2, 0) is 11.3 Å². The third kappa shape index (κ3) is 4.78. The summed E-state index contributed by atoms with van der Waals surface area (Å²) in [6.45, 7) is 6.18. The van der Waals surface area contributed by atoms with Gasteiger partial charge < -0.3 is 15.4 Å². The van der Waals surface area contributed by atoms with Gasteiger partial charge in [0.25, 0.3) is 0 Å². The van der Waals surface area contributed by atoms with Crippen LogP contribution in [0.25, 0.3) is 11.1 Å². The molecule has 4 aromatic rings. The fourth-order valence-electron chi connectivity index (χ4n) is 5.69. The molecule has 0 spiro atoms.